The molecule has 2 heterocycles. The summed E-state index contributed by atoms with van der Waals surface area (Å²) < 4.78 is 11.7. The molecule has 2 aromatic heterocycles. The molecule has 33 heavy (non-hydrogen) atoms. The molecule has 174 valence electrons. The van der Waals surface area contributed by atoms with Crippen molar-refractivity contribution in [1.29, 1.82) is 0 Å². The standard InChI is InChI=1S/C25H28N2O5S/c1-4-5-8-23-26-15-19(13-18(24(29)31-2)14-20-7-6-11-33-20)27(23)16-17-9-10-21(22(28)12-17)25(30)32-3/h6-7,9-13,15,28H,4-5,8,14,16H2,1-3H3/b18-13+. The highest BCUT2D eigenvalue weighted by Gasteiger charge is 2.17. The fourth-order valence-corrected chi connectivity index (χ4v) is 4.22. The van der Waals surface area contributed by atoms with E-state index >= 15 is 0 Å². The van der Waals surface area contributed by atoms with Crippen LogP contribution in [-0.2, 0) is 33.7 Å². The maximum absolute atomic E-state index is 12.5. The molecule has 0 unspecified atom stereocenters. The first-order valence-corrected chi connectivity index (χ1v) is 11.6. The molecule has 0 aliphatic heterocycles. The number of rotatable bonds is 10. The topological polar surface area (TPSA) is 90.7 Å². The number of imidazole rings is 1. The fraction of sp³-hybridized carbons (Fsp3) is 0.320. The van der Waals surface area contributed by atoms with Gasteiger partial charge in [0.05, 0.1) is 26.1 Å². The van der Waals surface area contributed by atoms with Gasteiger partial charge in [-0.15, -0.1) is 11.3 Å². The van der Waals surface area contributed by atoms with Crippen LogP contribution in [0.25, 0.3) is 6.08 Å². The Morgan fingerprint density at radius 2 is 2.03 bits per heavy atom. The summed E-state index contributed by atoms with van der Waals surface area (Å²) in [6, 6.07) is 8.81. The van der Waals surface area contributed by atoms with Gasteiger partial charge in [-0.25, -0.2) is 14.6 Å². The van der Waals surface area contributed by atoms with Crippen LogP contribution >= 0.6 is 11.3 Å². The third-order valence-corrected chi connectivity index (χ3v) is 6.12. The van der Waals surface area contributed by atoms with Crippen LogP contribution in [0.2, 0.25) is 0 Å². The Kier molecular flexibility index (Phi) is 8.43. The Labute approximate surface area is 197 Å². The Morgan fingerprint density at radius 1 is 1.21 bits per heavy atom. The summed E-state index contributed by atoms with van der Waals surface area (Å²) in [5.41, 5.74) is 2.21. The molecule has 7 nitrogen and oxygen atoms in total. The van der Waals surface area contributed by atoms with E-state index in [2.05, 4.69) is 11.9 Å². The number of phenols is 1. The van der Waals surface area contributed by atoms with Crippen molar-refractivity contribution in [2.75, 3.05) is 14.2 Å². The number of benzene rings is 1. The van der Waals surface area contributed by atoms with Gasteiger partial charge in [0.25, 0.3) is 0 Å². The van der Waals surface area contributed by atoms with E-state index in [1.165, 1.54) is 14.2 Å². The second kappa shape index (κ2) is 11.5. The van der Waals surface area contributed by atoms with Gasteiger partial charge in [0.15, 0.2) is 0 Å². The quantitative estimate of drug-likeness (QED) is 0.345. The minimum atomic E-state index is -0.592. The number of esters is 2. The van der Waals surface area contributed by atoms with Crippen molar-refractivity contribution in [2.24, 2.45) is 0 Å². The molecule has 1 N–H and O–H groups in total. The van der Waals surface area contributed by atoms with Crippen LogP contribution in [0.5, 0.6) is 5.75 Å². The fourth-order valence-electron chi connectivity index (χ4n) is 3.49. The van der Waals surface area contributed by atoms with Crippen molar-refractivity contribution in [1.82, 2.24) is 9.55 Å². The zero-order valence-corrected chi connectivity index (χ0v) is 19.9. The van der Waals surface area contributed by atoms with Crippen LogP contribution < -0.4 is 0 Å². The lowest BCUT2D eigenvalue weighted by Gasteiger charge is -2.13. The van der Waals surface area contributed by atoms with Crippen molar-refractivity contribution >= 4 is 29.4 Å². The number of carbonyl (C=O) groups excluding carboxylic acids is 2. The molecule has 0 atom stereocenters. The number of thiophene rings is 1. The largest absolute Gasteiger partial charge is 0.507 e. The minimum absolute atomic E-state index is 0.113. The third-order valence-electron chi connectivity index (χ3n) is 5.25. The molecule has 0 bridgehead atoms. The van der Waals surface area contributed by atoms with E-state index in [4.69, 9.17) is 9.47 Å². The number of carbonyl (C=O) groups is 2. The van der Waals surface area contributed by atoms with Crippen LogP contribution in [-0.4, -0.2) is 40.8 Å². The van der Waals surface area contributed by atoms with Gasteiger partial charge >= 0.3 is 11.9 Å². The van der Waals surface area contributed by atoms with Crippen LogP contribution in [0, 0.1) is 0 Å². The third kappa shape index (κ3) is 6.10. The number of phenolic OH excluding ortho intramolecular Hbond substituents is 1. The number of hydrogen-bond acceptors (Lipinski definition) is 7. The summed E-state index contributed by atoms with van der Waals surface area (Å²) in [5, 5.41) is 12.3. The Bertz CT molecular complexity index is 1130. The van der Waals surface area contributed by atoms with E-state index in [1.807, 2.05) is 28.2 Å². The number of hydrogen-bond donors (Lipinski definition) is 1. The van der Waals surface area contributed by atoms with Gasteiger partial charge in [0.1, 0.15) is 17.1 Å². The highest BCUT2D eigenvalue weighted by Crippen LogP contribution is 2.23. The SMILES string of the molecule is CCCCc1ncc(/C=C(\Cc2cccs2)C(=O)OC)n1Cc1ccc(C(=O)OC)c(O)c1. The van der Waals surface area contributed by atoms with E-state index in [-0.39, 0.29) is 17.3 Å². The van der Waals surface area contributed by atoms with Gasteiger partial charge in [0.2, 0.25) is 0 Å². The second-order valence-corrected chi connectivity index (χ2v) is 8.58. The smallest absolute Gasteiger partial charge is 0.341 e. The van der Waals surface area contributed by atoms with E-state index in [0.29, 0.717) is 18.5 Å². The number of unbranched alkanes of at least 4 members (excludes halogenated alkanes) is 1. The molecule has 1 aromatic carbocycles. The molecule has 0 aliphatic rings. The average Bonchev–Trinajstić information content (AvgIpc) is 3.46. The number of aryl methyl sites for hydroxylation is 1. The van der Waals surface area contributed by atoms with Gasteiger partial charge in [-0.3, -0.25) is 0 Å². The number of ether oxygens (including phenoxy) is 2. The van der Waals surface area contributed by atoms with E-state index in [9.17, 15) is 14.7 Å². The summed E-state index contributed by atoms with van der Waals surface area (Å²) in [5.74, 6) is -0.226. The Hall–Kier alpha value is -3.39. The van der Waals surface area contributed by atoms with Gasteiger partial charge in [-0.05, 0) is 41.6 Å². The Balaban J connectivity index is 1.98. The molecular weight excluding hydrogens is 440 g/mol. The lowest BCUT2D eigenvalue weighted by atomic mass is 10.1. The predicted molar refractivity (Wildman–Crippen MR) is 127 cm³/mol. The maximum Gasteiger partial charge on any atom is 0.341 e. The molecule has 0 amide bonds. The molecule has 3 rings (SSSR count). The highest BCUT2D eigenvalue weighted by molar-refractivity contribution is 7.09. The summed E-state index contributed by atoms with van der Waals surface area (Å²) in [7, 11) is 2.65. The van der Waals surface area contributed by atoms with Crippen molar-refractivity contribution in [2.45, 2.75) is 39.2 Å². The molecule has 0 saturated heterocycles. The van der Waals surface area contributed by atoms with Gasteiger partial charge in [0, 0.05) is 29.8 Å². The van der Waals surface area contributed by atoms with E-state index in [1.54, 1.807) is 35.7 Å². The Morgan fingerprint density at radius 3 is 2.67 bits per heavy atom. The van der Waals surface area contributed by atoms with Crippen LogP contribution in [0.3, 0.4) is 0 Å². The van der Waals surface area contributed by atoms with Crippen molar-refractivity contribution in [3.8, 4) is 5.75 Å². The molecule has 0 radical (unpaired) electrons. The normalized spacial score (nSPS) is 11.4. The molecule has 3 aromatic rings. The summed E-state index contributed by atoms with van der Waals surface area (Å²) >= 11 is 1.58. The molecule has 0 aliphatic carbocycles. The van der Waals surface area contributed by atoms with Crippen LogP contribution in [0.15, 0.2) is 47.5 Å². The first-order chi connectivity index (χ1) is 16.0. The molecule has 0 spiro atoms. The monoisotopic (exact) mass is 468 g/mol. The number of nitrogens with zero attached hydrogens (tertiary/aromatic N) is 2. The minimum Gasteiger partial charge on any atom is -0.507 e. The average molecular weight is 469 g/mol. The second-order valence-electron chi connectivity index (χ2n) is 7.55. The van der Waals surface area contributed by atoms with Crippen molar-refractivity contribution in [3.63, 3.8) is 0 Å². The van der Waals surface area contributed by atoms with Crippen LogP contribution in [0.1, 0.15) is 52.1 Å². The van der Waals surface area contributed by atoms with Crippen molar-refractivity contribution < 1.29 is 24.2 Å². The van der Waals surface area contributed by atoms with E-state index < -0.39 is 5.97 Å². The molecule has 0 saturated carbocycles. The molecular formula is C25H28N2O5S. The zero-order valence-electron chi connectivity index (χ0n) is 19.0. The first-order valence-electron chi connectivity index (χ1n) is 10.7. The predicted octanol–water partition coefficient (Wildman–Crippen LogP) is 4.63. The summed E-state index contributed by atoms with van der Waals surface area (Å²) in [6.45, 7) is 2.54. The van der Waals surface area contributed by atoms with E-state index in [0.717, 1.165) is 41.2 Å². The zero-order chi connectivity index (χ0) is 23.8. The highest BCUT2D eigenvalue weighted by atomic mass is 32.1. The van der Waals surface area contributed by atoms with Crippen molar-refractivity contribution in [3.05, 3.63) is 75.0 Å². The number of aromatic nitrogens is 2. The number of methoxy groups -OCH3 is 2. The molecule has 0 fully saturated rings. The lowest BCUT2D eigenvalue weighted by molar-refractivity contribution is -0.136. The maximum atomic E-state index is 12.5. The molecule has 8 heteroatoms. The first kappa shape index (κ1) is 24.3. The summed E-state index contributed by atoms with van der Waals surface area (Å²) in [4.78, 5) is 29.9. The van der Waals surface area contributed by atoms with Crippen LogP contribution in [0.4, 0.5) is 0 Å². The number of aromatic hydroxyl groups is 1. The van der Waals surface area contributed by atoms with Gasteiger partial charge < -0.3 is 19.1 Å². The lowest BCUT2D eigenvalue weighted by Crippen LogP contribution is -2.10. The van der Waals surface area contributed by atoms with Gasteiger partial charge in [-0.2, -0.15) is 0 Å². The van der Waals surface area contributed by atoms with Gasteiger partial charge in [-0.1, -0.05) is 25.5 Å². The summed E-state index contributed by atoms with van der Waals surface area (Å²) in [6.07, 6.45) is 6.83.